The lowest BCUT2D eigenvalue weighted by atomic mass is 9.67. The molecule has 0 aromatic heterocycles. The summed E-state index contributed by atoms with van der Waals surface area (Å²) in [5.41, 5.74) is 1.64. The molecule has 1 saturated carbocycles. The van der Waals surface area contributed by atoms with Crippen LogP contribution in [-0.4, -0.2) is 45.4 Å². The summed E-state index contributed by atoms with van der Waals surface area (Å²) in [5, 5.41) is 6.81. The van der Waals surface area contributed by atoms with Crippen LogP contribution in [0, 0.1) is 5.41 Å². The molecule has 5 nitrogen and oxygen atoms in total. The molecule has 146 valence electrons. The first-order valence-corrected chi connectivity index (χ1v) is 9.50. The highest BCUT2D eigenvalue weighted by Gasteiger charge is 2.36. The number of methoxy groups -OCH3 is 1. The molecule has 1 fully saturated rings. The van der Waals surface area contributed by atoms with Gasteiger partial charge in [-0.25, -0.2) is 0 Å². The van der Waals surface area contributed by atoms with Crippen LogP contribution in [0.2, 0.25) is 0 Å². The maximum Gasteiger partial charge on any atom is 0.191 e. The number of guanidine groups is 1. The number of hydrogen-bond acceptors (Lipinski definition) is 3. The summed E-state index contributed by atoms with van der Waals surface area (Å²) in [6.07, 6.45) is 6.08. The van der Waals surface area contributed by atoms with Crippen molar-refractivity contribution in [1.82, 2.24) is 10.6 Å². The zero-order chi connectivity index (χ0) is 17.5. The predicted molar refractivity (Wildman–Crippen MR) is 117 cm³/mol. The molecule has 1 aliphatic heterocycles. The van der Waals surface area contributed by atoms with Crippen LogP contribution in [0.4, 0.5) is 0 Å². The number of ether oxygens (including phenoxy) is 2. The SMILES string of the molecule is CCNC(=NCC1(CCOC)CCC1)NCC1Cc2ccccc2O1.I. The fraction of sp³-hybridized carbons (Fsp3) is 0.650. The number of benzene rings is 1. The molecule has 0 saturated heterocycles. The summed E-state index contributed by atoms with van der Waals surface area (Å²) >= 11 is 0. The summed E-state index contributed by atoms with van der Waals surface area (Å²) in [6, 6.07) is 8.29. The largest absolute Gasteiger partial charge is 0.488 e. The van der Waals surface area contributed by atoms with Gasteiger partial charge in [-0.15, -0.1) is 24.0 Å². The Morgan fingerprint density at radius 1 is 1.31 bits per heavy atom. The number of rotatable bonds is 8. The highest BCUT2D eigenvalue weighted by atomic mass is 127. The molecule has 1 unspecified atom stereocenters. The molecule has 6 heteroatoms. The van der Waals surface area contributed by atoms with E-state index in [2.05, 4.69) is 29.7 Å². The third-order valence-corrected chi connectivity index (χ3v) is 5.38. The van der Waals surface area contributed by atoms with Gasteiger partial charge in [0.1, 0.15) is 11.9 Å². The number of hydrogen-bond donors (Lipinski definition) is 2. The van der Waals surface area contributed by atoms with Crippen LogP contribution in [0.1, 0.15) is 38.2 Å². The van der Waals surface area contributed by atoms with E-state index in [0.29, 0.717) is 5.41 Å². The van der Waals surface area contributed by atoms with Crippen molar-refractivity contribution in [3.63, 3.8) is 0 Å². The minimum absolute atomic E-state index is 0. The van der Waals surface area contributed by atoms with Crippen LogP contribution in [0.25, 0.3) is 0 Å². The van der Waals surface area contributed by atoms with Crippen molar-refractivity contribution in [3.8, 4) is 5.75 Å². The molecular weight excluding hydrogens is 441 g/mol. The van der Waals surface area contributed by atoms with E-state index in [9.17, 15) is 0 Å². The molecular formula is C20H32IN3O2. The van der Waals surface area contributed by atoms with Crippen molar-refractivity contribution in [1.29, 1.82) is 0 Å². The van der Waals surface area contributed by atoms with E-state index in [4.69, 9.17) is 14.5 Å². The van der Waals surface area contributed by atoms with Gasteiger partial charge in [0.2, 0.25) is 0 Å². The zero-order valence-electron chi connectivity index (χ0n) is 15.9. The van der Waals surface area contributed by atoms with Gasteiger partial charge in [0.15, 0.2) is 5.96 Å². The Morgan fingerprint density at radius 2 is 2.12 bits per heavy atom. The van der Waals surface area contributed by atoms with Gasteiger partial charge in [-0.1, -0.05) is 24.6 Å². The molecule has 0 radical (unpaired) electrons. The number of halogens is 1. The summed E-state index contributed by atoms with van der Waals surface area (Å²) in [4.78, 5) is 4.85. The van der Waals surface area contributed by atoms with Gasteiger partial charge in [0, 0.05) is 33.2 Å². The second-order valence-corrected chi connectivity index (χ2v) is 7.22. The molecule has 0 spiro atoms. The molecule has 26 heavy (non-hydrogen) atoms. The molecule has 1 atom stereocenters. The monoisotopic (exact) mass is 473 g/mol. The second-order valence-electron chi connectivity index (χ2n) is 7.22. The van der Waals surface area contributed by atoms with Crippen molar-refractivity contribution in [2.45, 2.75) is 45.1 Å². The number of aliphatic imine (C=N–C) groups is 1. The van der Waals surface area contributed by atoms with Crippen molar-refractivity contribution >= 4 is 29.9 Å². The standard InChI is InChI=1S/C20H31N3O2.HI/c1-3-21-19(23-15-20(9-6-10-20)11-12-24-2)22-14-17-13-16-7-4-5-8-18(16)25-17;/h4-5,7-8,17H,3,6,9-15H2,1-2H3,(H2,21,22,23);1H. The summed E-state index contributed by atoms with van der Waals surface area (Å²) < 4.78 is 11.3. The third-order valence-electron chi connectivity index (χ3n) is 5.38. The lowest BCUT2D eigenvalue weighted by molar-refractivity contribution is 0.0778. The second kappa shape index (κ2) is 10.3. The Hall–Kier alpha value is -1.02. The van der Waals surface area contributed by atoms with E-state index >= 15 is 0 Å². The first kappa shape index (κ1) is 21.3. The van der Waals surface area contributed by atoms with Crippen molar-refractivity contribution < 1.29 is 9.47 Å². The van der Waals surface area contributed by atoms with Crippen molar-refractivity contribution in [2.75, 3.05) is 33.4 Å². The lowest BCUT2D eigenvalue weighted by Crippen LogP contribution is -2.43. The van der Waals surface area contributed by atoms with Gasteiger partial charge in [0.25, 0.3) is 0 Å². The van der Waals surface area contributed by atoms with E-state index in [1.54, 1.807) is 7.11 Å². The molecule has 3 rings (SSSR count). The average Bonchev–Trinajstić information content (AvgIpc) is 3.01. The fourth-order valence-corrected chi connectivity index (χ4v) is 3.65. The minimum Gasteiger partial charge on any atom is -0.488 e. The Balaban J connectivity index is 0.00000243. The molecule has 2 N–H and O–H groups in total. The van der Waals surface area contributed by atoms with E-state index < -0.39 is 0 Å². The Morgan fingerprint density at radius 3 is 2.77 bits per heavy atom. The van der Waals surface area contributed by atoms with Gasteiger partial charge < -0.3 is 20.1 Å². The van der Waals surface area contributed by atoms with E-state index in [-0.39, 0.29) is 30.1 Å². The normalized spacial score (nSPS) is 20.4. The first-order valence-electron chi connectivity index (χ1n) is 9.50. The van der Waals surface area contributed by atoms with Gasteiger partial charge in [-0.3, -0.25) is 4.99 Å². The number of nitrogens with one attached hydrogen (secondary N) is 2. The van der Waals surface area contributed by atoms with Crippen LogP contribution >= 0.6 is 24.0 Å². The summed E-state index contributed by atoms with van der Waals surface area (Å²) in [7, 11) is 1.78. The Bertz CT molecular complexity index is 565. The van der Waals surface area contributed by atoms with Crippen LogP contribution in [0.15, 0.2) is 29.3 Å². The molecule has 0 amide bonds. The quantitative estimate of drug-likeness (QED) is 0.346. The fourth-order valence-electron chi connectivity index (χ4n) is 3.65. The summed E-state index contributed by atoms with van der Waals surface area (Å²) in [5.74, 6) is 1.91. The highest BCUT2D eigenvalue weighted by molar-refractivity contribution is 14.0. The Kier molecular flexibility index (Phi) is 8.47. The maximum atomic E-state index is 6.00. The van der Waals surface area contributed by atoms with Gasteiger partial charge in [-0.2, -0.15) is 0 Å². The molecule has 0 bridgehead atoms. The smallest absolute Gasteiger partial charge is 0.191 e. The predicted octanol–water partition coefficient (Wildman–Crippen LogP) is 3.37. The lowest BCUT2D eigenvalue weighted by Gasteiger charge is -2.40. The van der Waals surface area contributed by atoms with Crippen molar-refractivity contribution in [3.05, 3.63) is 29.8 Å². The number of nitrogens with zero attached hydrogens (tertiary/aromatic N) is 1. The molecule has 1 aromatic carbocycles. The average molecular weight is 473 g/mol. The highest BCUT2D eigenvalue weighted by Crippen LogP contribution is 2.44. The first-order chi connectivity index (χ1) is 12.2. The summed E-state index contributed by atoms with van der Waals surface area (Å²) in [6.45, 7) is 5.43. The van der Waals surface area contributed by atoms with Crippen LogP contribution < -0.4 is 15.4 Å². The van der Waals surface area contributed by atoms with Crippen molar-refractivity contribution in [2.24, 2.45) is 10.4 Å². The number of para-hydroxylation sites is 1. The van der Waals surface area contributed by atoms with Crippen LogP contribution in [-0.2, 0) is 11.2 Å². The van der Waals surface area contributed by atoms with E-state index in [1.807, 2.05) is 12.1 Å². The third kappa shape index (κ3) is 5.49. The Labute approximate surface area is 174 Å². The molecule has 1 heterocycles. The molecule has 1 aliphatic carbocycles. The van der Waals surface area contributed by atoms with Gasteiger partial charge in [0.05, 0.1) is 6.54 Å². The zero-order valence-corrected chi connectivity index (χ0v) is 18.3. The minimum atomic E-state index is 0. The molecule has 1 aromatic rings. The van der Waals surface area contributed by atoms with Crippen LogP contribution in [0.3, 0.4) is 0 Å². The topological polar surface area (TPSA) is 54.9 Å². The van der Waals surface area contributed by atoms with Crippen LogP contribution in [0.5, 0.6) is 5.75 Å². The van der Waals surface area contributed by atoms with E-state index in [1.165, 1.54) is 24.8 Å². The van der Waals surface area contributed by atoms with E-state index in [0.717, 1.165) is 50.8 Å². The van der Waals surface area contributed by atoms with Gasteiger partial charge >= 0.3 is 0 Å². The number of fused-ring (bicyclic) bond motifs is 1. The maximum absolute atomic E-state index is 6.00. The molecule has 2 aliphatic rings. The van der Waals surface area contributed by atoms with Gasteiger partial charge in [-0.05, 0) is 43.2 Å².